The number of ether oxygens (including phenoxy) is 1. The monoisotopic (exact) mass is 313 g/mol. The fourth-order valence-electron chi connectivity index (χ4n) is 2.60. The van der Waals surface area contributed by atoms with Crippen LogP contribution in [0.1, 0.15) is 33.7 Å². The van der Waals surface area contributed by atoms with E-state index in [1.807, 2.05) is 37.3 Å². The van der Waals surface area contributed by atoms with Crippen LogP contribution in [0.4, 0.5) is 0 Å². The summed E-state index contributed by atoms with van der Waals surface area (Å²) in [6.45, 7) is 3.91. The van der Waals surface area contributed by atoms with Gasteiger partial charge < -0.3 is 18.9 Å². The molecule has 1 N–H and O–H groups in total. The van der Waals surface area contributed by atoms with Crippen LogP contribution in [0.5, 0.6) is 0 Å². The lowest BCUT2D eigenvalue weighted by atomic mass is 10.2. The number of rotatable bonds is 5. The number of hydrogen-bond donors (Lipinski definition) is 1. The van der Waals surface area contributed by atoms with E-state index >= 15 is 0 Å². The number of benzene rings is 1. The number of furan rings is 2. The summed E-state index contributed by atoms with van der Waals surface area (Å²) in [6, 6.07) is 11.4. The van der Waals surface area contributed by atoms with Crippen LogP contribution in [0, 0.1) is 13.8 Å². The zero-order chi connectivity index (χ0) is 16.4. The van der Waals surface area contributed by atoms with E-state index < -0.39 is 0 Å². The molecule has 1 aromatic carbocycles. The van der Waals surface area contributed by atoms with Crippen LogP contribution in [0.25, 0.3) is 11.0 Å². The molecule has 2 heterocycles. The van der Waals surface area contributed by atoms with Crippen molar-refractivity contribution < 1.29 is 18.4 Å². The fourth-order valence-corrected chi connectivity index (χ4v) is 2.60. The summed E-state index contributed by atoms with van der Waals surface area (Å²) in [5.74, 6) is 1.83. The van der Waals surface area contributed by atoms with E-state index in [1.54, 1.807) is 20.1 Å². The highest BCUT2D eigenvalue weighted by Gasteiger charge is 2.19. The highest BCUT2D eigenvalue weighted by atomic mass is 16.5. The highest BCUT2D eigenvalue weighted by molar-refractivity contribution is 5.95. The molecule has 5 heteroatoms. The number of carbonyl (C=O) groups is 1. The van der Waals surface area contributed by atoms with Crippen LogP contribution >= 0.6 is 0 Å². The van der Waals surface area contributed by atoms with E-state index in [9.17, 15) is 4.79 Å². The molecular formula is C18H19NO4. The summed E-state index contributed by atoms with van der Waals surface area (Å²) in [4.78, 5) is 12.2. The van der Waals surface area contributed by atoms with Gasteiger partial charge in [0, 0.05) is 12.5 Å². The SMILES string of the molecule is CO[C@H](CNC(=O)c1cc(C)oc1C)c1cc2ccccc2o1. The topological polar surface area (TPSA) is 64.6 Å². The Morgan fingerprint density at radius 2 is 2.00 bits per heavy atom. The second-order valence-electron chi connectivity index (χ2n) is 5.45. The first-order valence-electron chi connectivity index (χ1n) is 7.45. The zero-order valence-corrected chi connectivity index (χ0v) is 13.4. The molecule has 0 spiro atoms. The Labute approximate surface area is 134 Å². The quantitative estimate of drug-likeness (QED) is 0.779. The standard InChI is InChI=1S/C18H19NO4/c1-11-8-14(12(2)22-11)18(20)19-10-17(21-3)16-9-13-6-4-5-7-15(13)23-16/h4-9,17H,10H2,1-3H3,(H,19,20)/t17-/m1/s1. The number of carbonyl (C=O) groups excluding carboxylic acids is 1. The van der Waals surface area contributed by atoms with Crippen molar-refractivity contribution in [3.63, 3.8) is 0 Å². The van der Waals surface area contributed by atoms with Crippen LogP contribution < -0.4 is 5.32 Å². The average molecular weight is 313 g/mol. The summed E-state index contributed by atoms with van der Waals surface area (Å²) in [6.07, 6.45) is -0.348. The van der Waals surface area contributed by atoms with E-state index in [-0.39, 0.29) is 12.0 Å². The van der Waals surface area contributed by atoms with E-state index in [0.717, 1.165) is 11.0 Å². The molecule has 0 bridgehead atoms. The third-order valence-electron chi connectivity index (χ3n) is 3.78. The van der Waals surface area contributed by atoms with Gasteiger partial charge in [0.25, 0.3) is 5.91 Å². The third kappa shape index (κ3) is 3.14. The van der Waals surface area contributed by atoms with Crippen molar-refractivity contribution in [2.75, 3.05) is 13.7 Å². The molecule has 0 radical (unpaired) electrons. The van der Waals surface area contributed by atoms with Crippen molar-refractivity contribution >= 4 is 16.9 Å². The molecule has 3 aromatic rings. The largest absolute Gasteiger partial charge is 0.466 e. The van der Waals surface area contributed by atoms with Gasteiger partial charge in [-0.25, -0.2) is 0 Å². The number of amides is 1. The maximum Gasteiger partial charge on any atom is 0.254 e. The fraction of sp³-hybridized carbons (Fsp3) is 0.278. The van der Waals surface area contributed by atoms with Crippen LogP contribution in [0.15, 0.2) is 45.2 Å². The lowest BCUT2D eigenvalue weighted by Gasteiger charge is -2.13. The second-order valence-corrected chi connectivity index (χ2v) is 5.45. The van der Waals surface area contributed by atoms with E-state index in [2.05, 4.69) is 5.32 Å². The summed E-state index contributed by atoms with van der Waals surface area (Å²) in [5, 5.41) is 3.87. The number of methoxy groups -OCH3 is 1. The first-order valence-corrected chi connectivity index (χ1v) is 7.45. The molecule has 0 unspecified atom stereocenters. The van der Waals surface area contributed by atoms with E-state index in [4.69, 9.17) is 13.6 Å². The lowest BCUT2D eigenvalue weighted by molar-refractivity contribution is 0.0746. The molecule has 0 aliphatic heterocycles. The minimum atomic E-state index is -0.348. The molecule has 1 amide bonds. The van der Waals surface area contributed by atoms with Gasteiger partial charge in [-0.05, 0) is 32.0 Å². The Hall–Kier alpha value is -2.53. The van der Waals surface area contributed by atoms with Crippen LogP contribution in [0.2, 0.25) is 0 Å². The minimum Gasteiger partial charge on any atom is -0.466 e. The average Bonchev–Trinajstić information content (AvgIpc) is 3.10. The van der Waals surface area contributed by atoms with Crippen LogP contribution in [-0.4, -0.2) is 19.6 Å². The molecule has 1 atom stereocenters. The predicted molar refractivity (Wildman–Crippen MR) is 86.5 cm³/mol. The van der Waals surface area contributed by atoms with E-state index in [1.165, 1.54) is 0 Å². The van der Waals surface area contributed by atoms with Crippen molar-refractivity contribution in [1.29, 1.82) is 0 Å². The summed E-state index contributed by atoms with van der Waals surface area (Å²) >= 11 is 0. The maximum atomic E-state index is 12.2. The first kappa shape index (κ1) is 15.4. The number of para-hydroxylation sites is 1. The van der Waals surface area contributed by atoms with Gasteiger partial charge in [0.2, 0.25) is 0 Å². The van der Waals surface area contributed by atoms with Crippen LogP contribution in [-0.2, 0) is 4.74 Å². The summed E-state index contributed by atoms with van der Waals surface area (Å²) in [5.41, 5.74) is 1.35. The lowest BCUT2D eigenvalue weighted by Crippen LogP contribution is -2.29. The van der Waals surface area contributed by atoms with Gasteiger partial charge in [-0.2, -0.15) is 0 Å². The summed E-state index contributed by atoms with van der Waals surface area (Å²) in [7, 11) is 1.59. The molecule has 120 valence electrons. The molecular weight excluding hydrogens is 294 g/mol. The maximum absolute atomic E-state index is 12.2. The van der Waals surface area contributed by atoms with E-state index in [0.29, 0.717) is 29.4 Å². The van der Waals surface area contributed by atoms with Gasteiger partial charge in [-0.15, -0.1) is 0 Å². The molecule has 3 rings (SSSR count). The Balaban J connectivity index is 1.72. The van der Waals surface area contributed by atoms with Crippen molar-refractivity contribution in [2.24, 2.45) is 0 Å². The summed E-state index contributed by atoms with van der Waals surface area (Å²) < 4.78 is 16.6. The van der Waals surface area contributed by atoms with Gasteiger partial charge in [0.15, 0.2) is 0 Å². The normalized spacial score (nSPS) is 12.5. The third-order valence-corrected chi connectivity index (χ3v) is 3.78. The molecule has 5 nitrogen and oxygen atoms in total. The molecule has 0 saturated carbocycles. The smallest absolute Gasteiger partial charge is 0.254 e. The highest BCUT2D eigenvalue weighted by Crippen LogP contribution is 2.25. The van der Waals surface area contributed by atoms with Gasteiger partial charge in [-0.1, -0.05) is 18.2 Å². The van der Waals surface area contributed by atoms with Crippen molar-refractivity contribution in [2.45, 2.75) is 20.0 Å². The number of fused-ring (bicyclic) bond motifs is 1. The molecule has 0 aliphatic carbocycles. The number of nitrogens with one attached hydrogen (secondary N) is 1. The number of hydrogen-bond acceptors (Lipinski definition) is 4. The zero-order valence-electron chi connectivity index (χ0n) is 13.4. The Kier molecular flexibility index (Phi) is 4.21. The van der Waals surface area contributed by atoms with Gasteiger partial charge >= 0.3 is 0 Å². The molecule has 2 aromatic heterocycles. The Bertz CT molecular complexity index is 798. The van der Waals surface area contributed by atoms with Crippen molar-refractivity contribution in [3.05, 3.63) is 59.2 Å². The first-order chi connectivity index (χ1) is 11.1. The van der Waals surface area contributed by atoms with Gasteiger partial charge in [-0.3, -0.25) is 4.79 Å². The van der Waals surface area contributed by atoms with Gasteiger partial charge in [0.05, 0.1) is 12.1 Å². The number of aryl methyl sites for hydroxylation is 2. The van der Waals surface area contributed by atoms with Crippen molar-refractivity contribution in [1.82, 2.24) is 5.32 Å². The van der Waals surface area contributed by atoms with Crippen molar-refractivity contribution in [3.8, 4) is 0 Å². The Morgan fingerprint density at radius 3 is 2.65 bits per heavy atom. The molecule has 0 fully saturated rings. The molecule has 23 heavy (non-hydrogen) atoms. The van der Waals surface area contributed by atoms with Gasteiger partial charge in [0.1, 0.15) is 29.0 Å². The van der Waals surface area contributed by atoms with Crippen LogP contribution in [0.3, 0.4) is 0 Å². The molecule has 0 saturated heterocycles. The minimum absolute atomic E-state index is 0.183. The second kappa shape index (κ2) is 6.30. The predicted octanol–water partition coefficient (Wildman–Crippen LogP) is 3.76. The molecule has 0 aliphatic rings. The Morgan fingerprint density at radius 1 is 1.22 bits per heavy atom.